The van der Waals surface area contributed by atoms with Gasteiger partial charge in [0.25, 0.3) is 0 Å². The van der Waals surface area contributed by atoms with E-state index in [-0.39, 0.29) is 11.8 Å². The van der Waals surface area contributed by atoms with Crippen molar-refractivity contribution in [3.8, 4) is 0 Å². The molecular weight excluding hydrogens is 238 g/mol. The van der Waals surface area contributed by atoms with Crippen molar-refractivity contribution in [2.24, 2.45) is 5.92 Å². The average molecular weight is 259 g/mol. The summed E-state index contributed by atoms with van der Waals surface area (Å²) in [6.45, 7) is 3.99. The summed E-state index contributed by atoms with van der Waals surface area (Å²) in [5, 5.41) is 2.99. The van der Waals surface area contributed by atoms with E-state index in [4.69, 9.17) is 0 Å². The quantitative estimate of drug-likeness (QED) is 0.904. The minimum Gasteiger partial charge on any atom is -0.326 e. The smallest absolute Gasteiger partial charge is 0.224 e. The molecule has 1 aromatic carbocycles. The van der Waals surface area contributed by atoms with Crippen LogP contribution < -0.4 is 5.32 Å². The van der Waals surface area contributed by atoms with Crippen molar-refractivity contribution < 1.29 is 9.59 Å². The fraction of sp³-hybridized carbons (Fsp3) is 0.500. The summed E-state index contributed by atoms with van der Waals surface area (Å²) in [7, 11) is 0. The fourth-order valence-corrected chi connectivity index (χ4v) is 2.75. The van der Waals surface area contributed by atoms with E-state index >= 15 is 0 Å². The highest BCUT2D eigenvalue weighted by atomic mass is 16.1. The Hall–Kier alpha value is -1.64. The van der Waals surface area contributed by atoms with Gasteiger partial charge in [-0.2, -0.15) is 0 Å². The molecule has 19 heavy (non-hydrogen) atoms. The van der Waals surface area contributed by atoms with Gasteiger partial charge in [-0.15, -0.1) is 0 Å². The SMILES string of the molecule is Cc1cccc(C)c1NC(=O)CC1CCCC(=O)C1. The Balaban J connectivity index is 1.96. The summed E-state index contributed by atoms with van der Waals surface area (Å²) >= 11 is 0. The number of carbonyl (C=O) groups excluding carboxylic acids is 2. The molecule has 1 saturated carbocycles. The molecule has 1 unspecified atom stereocenters. The Kier molecular flexibility index (Phi) is 4.35. The first-order valence-electron chi connectivity index (χ1n) is 6.94. The van der Waals surface area contributed by atoms with Gasteiger partial charge in [-0.3, -0.25) is 9.59 Å². The van der Waals surface area contributed by atoms with Gasteiger partial charge in [-0.1, -0.05) is 18.2 Å². The highest BCUT2D eigenvalue weighted by molar-refractivity contribution is 5.93. The molecule has 3 nitrogen and oxygen atoms in total. The first-order chi connectivity index (χ1) is 9.06. The number of amides is 1. The number of hydrogen-bond acceptors (Lipinski definition) is 2. The van der Waals surface area contributed by atoms with Gasteiger partial charge in [0.1, 0.15) is 5.78 Å². The van der Waals surface area contributed by atoms with Gasteiger partial charge in [0, 0.05) is 24.9 Å². The Labute approximate surface area is 114 Å². The summed E-state index contributed by atoms with van der Waals surface area (Å²) < 4.78 is 0. The number of aryl methyl sites for hydroxylation is 2. The second kappa shape index (κ2) is 6.00. The number of carbonyl (C=O) groups is 2. The molecule has 1 aliphatic rings. The van der Waals surface area contributed by atoms with Gasteiger partial charge < -0.3 is 5.32 Å². The van der Waals surface area contributed by atoms with Crippen molar-refractivity contribution in [3.05, 3.63) is 29.3 Å². The fourth-order valence-electron chi connectivity index (χ4n) is 2.75. The number of Topliss-reactive ketones (excluding diaryl/α,β-unsaturated/α-hetero) is 1. The summed E-state index contributed by atoms with van der Waals surface area (Å²) in [5.41, 5.74) is 3.07. The van der Waals surface area contributed by atoms with Crippen LogP contribution in [0.5, 0.6) is 0 Å². The lowest BCUT2D eigenvalue weighted by atomic mass is 9.86. The molecule has 0 bridgehead atoms. The van der Waals surface area contributed by atoms with E-state index in [2.05, 4.69) is 5.32 Å². The van der Waals surface area contributed by atoms with Crippen LogP contribution in [0, 0.1) is 19.8 Å². The number of anilines is 1. The molecule has 0 aromatic heterocycles. The summed E-state index contributed by atoms with van der Waals surface area (Å²) in [5.74, 6) is 0.554. The van der Waals surface area contributed by atoms with Crippen LogP contribution in [-0.2, 0) is 9.59 Å². The standard InChI is InChI=1S/C16H21NO2/c1-11-5-3-6-12(2)16(11)17-15(19)10-13-7-4-8-14(18)9-13/h3,5-6,13H,4,7-10H2,1-2H3,(H,17,19). The normalized spacial score (nSPS) is 19.3. The van der Waals surface area contributed by atoms with Crippen molar-refractivity contribution in [2.45, 2.75) is 46.0 Å². The predicted octanol–water partition coefficient (Wildman–Crippen LogP) is 3.39. The van der Waals surface area contributed by atoms with Crippen LogP contribution in [0.15, 0.2) is 18.2 Å². The zero-order chi connectivity index (χ0) is 13.8. The number of nitrogens with one attached hydrogen (secondary N) is 1. The average Bonchev–Trinajstić information content (AvgIpc) is 2.34. The lowest BCUT2D eigenvalue weighted by Gasteiger charge is -2.20. The van der Waals surface area contributed by atoms with E-state index in [1.54, 1.807) is 0 Å². The summed E-state index contributed by atoms with van der Waals surface area (Å²) in [6, 6.07) is 5.97. The Morgan fingerprint density at radius 3 is 2.63 bits per heavy atom. The van der Waals surface area contributed by atoms with Crippen LogP contribution in [0.1, 0.15) is 43.2 Å². The Morgan fingerprint density at radius 1 is 1.32 bits per heavy atom. The molecule has 0 saturated heterocycles. The van der Waals surface area contributed by atoms with Gasteiger partial charge in [-0.05, 0) is 43.7 Å². The maximum atomic E-state index is 12.1. The van der Waals surface area contributed by atoms with Crippen molar-refractivity contribution >= 4 is 17.4 Å². The van der Waals surface area contributed by atoms with E-state index in [9.17, 15) is 9.59 Å². The number of benzene rings is 1. The second-order valence-corrected chi connectivity index (χ2v) is 5.52. The number of hydrogen-bond donors (Lipinski definition) is 1. The molecule has 0 spiro atoms. The number of rotatable bonds is 3. The van der Waals surface area contributed by atoms with Gasteiger partial charge in [0.05, 0.1) is 0 Å². The van der Waals surface area contributed by atoms with Crippen LogP contribution >= 0.6 is 0 Å². The highest BCUT2D eigenvalue weighted by Gasteiger charge is 2.22. The lowest BCUT2D eigenvalue weighted by molar-refractivity contribution is -0.122. The van der Waals surface area contributed by atoms with Crippen molar-refractivity contribution in [1.82, 2.24) is 0 Å². The molecule has 1 N–H and O–H groups in total. The molecule has 1 amide bonds. The molecule has 0 heterocycles. The molecule has 102 valence electrons. The first-order valence-corrected chi connectivity index (χ1v) is 6.94. The van der Waals surface area contributed by atoms with Crippen LogP contribution in [0.2, 0.25) is 0 Å². The van der Waals surface area contributed by atoms with E-state index in [0.717, 1.165) is 29.7 Å². The van der Waals surface area contributed by atoms with Crippen molar-refractivity contribution in [3.63, 3.8) is 0 Å². The molecule has 0 aliphatic heterocycles. The third-order valence-corrected chi connectivity index (χ3v) is 3.80. The van der Waals surface area contributed by atoms with Crippen molar-refractivity contribution in [2.75, 3.05) is 5.32 Å². The minimum atomic E-state index is 0.0251. The maximum Gasteiger partial charge on any atom is 0.224 e. The minimum absolute atomic E-state index is 0.0251. The molecule has 3 heteroatoms. The third kappa shape index (κ3) is 3.66. The summed E-state index contributed by atoms with van der Waals surface area (Å²) in [6.07, 6.45) is 3.64. The molecule has 2 rings (SSSR count). The maximum absolute atomic E-state index is 12.1. The topological polar surface area (TPSA) is 46.2 Å². The van der Waals surface area contributed by atoms with E-state index < -0.39 is 0 Å². The Morgan fingerprint density at radius 2 is 2.00 bits per heavy atom. The van der Waals surface area contributed by atoms with Crippen LogP contribution in [-0.4, -0.2) is 11.7 Å². The molecule has 1 aliphatic carbocycles. The molecular formula is C16H21NO2. The van der Waals surface area contributed by atoms with E-state index in [1.807, 2.05) is 32.0 Å². The van der Waals surface area contributed by atoms with Crippen LogP contribution in [0.25, 0.3) is 0 Å². The van der Waals surface area contributed by atoms with Crippen LogP contribution in [0.4, 0.5) is 5.69 Å². The Bertz CT molecular complexity index is 473. The highest BCUT2D eigenvalue weighted by Crippen LogP contribution is 2.25. The van der Waals surface area contributed by atoms with E-state index in [1.165, 1.54) is 0 Å². The van der Waals surface area contributed by atoms with Gasteiger partial charge in [-0.25, -0.2) is 0 Å². The number of ketones is 1. The zero-order valence-electron chi connectivity index (χ0n) is 11.7. The second-order valence-electron chi connectivity index (χ2n) is 5.52. The summed E-state index contributed by atoms with van der Waals surface area (Å²) in [4.78, 5) is 23.5. The monoisotopic (exact) mass is 259 g/mol. The number of para-hydroxylation sites is 1. The van der Waals surface area contributed by atoms with Gasteiger partial charge in [0.15, 0.2) is 0 Å². The van der Waals surface area contributed by atoms with Crippen LogP contribution in [0.3, 0.4) is 0 Å². The third-order valence-electron chi connectivity index (χ3n) is 3.80. The predicted molar refractivity (Wildman–Crippen MR) is 76.1 cm³/mol. The van der Waals surface area contributed by atoms with Gasteiger partial charge >= 0.3 is 0 Å². The molecule has 1 fully saturated rings. The van der Waals surface area contributed by atoms with E-state index in [0.29, 0.717) is 25.0 Å². The lowest BCUT2D eigenvalue weighted by Crippen LogP contribution is -2.22. The van der Waals surface area contributed by atoms with Crippen molar-refractivity contribution in [1.29, 1.82) is 0 Å². The largest absolute Gasteiger partial charge is 0.326 e. The molecule has 1 atom stereocenters. The first kappa shape index (κ1) is 13.8. The molecule has 1 aromatic rings. The zero-order valence-corrected chi connectivity index (χ0v) is 11.7. The van der Waals surface area contributed by atoms with Gasteiger partial charge in [0.2, 0.25) is 5.91 Å². The molecule has 0 radical (unpaired) electrons.